The summed E-state index contributed by atoms with van der Waals surface area (Å²) < 4.78 is 0. The van der Waals surface area contributed by atoms with Crippen LogP contribution >= 0.6 is 0 Å². The van der Waals surface area contributed by atoms with Crippen molar-refractivity contribution in [2.75, 3.05) is 26.2 Å². The summed E-state index contributed by atoms with van der Waals surface area (Å²) in [4.78, 5) is 20.2. The van der Waals surface area contributed by atoms with E-state index in [9.17, 15) is 9.81 Å². The molecule has 1 heterocycles. The number of hydrogen-bond acceptors (Lipinski definition) is 5. The second-order valence-electron chi connectivity index (χ2n) is 2.58. The van der Waals surface area contributed by atoms with Crippen molar-refractivity contribution in [3.63, 3.8) is 0 Å². The van der Waals surface area contributed by atoms with Crippen LogP contribution in [0.2, 0.25) is 0 Å². The van der Waals surface area contributed by atoms with Crippen LogP contribution < -0.4 is 0 Å². The average molecular weight is 174 g/mol. The van der Waals surface area contributed by atoms with E-state index in [2.05, 4.69) is 10.6 Å². The van der Waals surface area contributed by atoms with Gasteiger partial charge in [-0.3, -0.25) is 10.0 Å². The van der Waals surface area contributed by atoms with E-state index in [0.29, 0.717) is 13.1 Å². The van der Waals surface area contributed by atoms with Crippen LogP contribution in [0.1, 0.15) is 0 Å². The molecule has 1 unspecified atom stereocenters. The molecule has 1 aliphatic rings. The molecule has 0 bridgehead atoms. The van der Waals surface area contributed by atoms with E-state index in [4.69, 9.17) is 5.11 Å². The second-order valence-corrected chi connectivity index (χ2v) is 2.58. The molecule has 0 amide bonds. The van der Waals surface area contributed by atoms with Crippen LogP contribution in [0.3, 0.4) is 0 Å². The summed E-state index contributed by atoms with van der Waals surface area (Å²) in [7, 11) is 0. The number of hydrogen-bond donors (Lipinski definition) is 1. The van der Waals surface area contributed by atoms with Crippen LogP contribution in [-0.2, 0) is 0 Å². The lowest BCUT2D eigenvalue weighted by Crippen LogP contribution is -2.50. The first-order valence-corrected chi connectivity index (χ1v) is 3.60. The molecule has 7 nitrogen and oxygen atoms in total. The molecule has 68 valence electrons. The Labute approximate surface area is 68.8 Å². The fourth-order valence-corrected chi connectivity index (χ4v) is 1.16. The number of piperazine rings is 1. The first kappa shape index (κ1) is 8.85. The zero-order chi connectivity index (χ0) is 8.97. The smallest absolute Gasteiger partial charge is 0.0926 e. The fraction of sp³-hybridized carbons (Fsp3) is 1.00. The minimum absolute atomic E-state index is 0.197. The maximum Gasteiger partial charge on any atom is 0.0926 e. The summed E-state index contributed by atoms with van der Waals surface area (Å²) >= 11 is 0. The van der Waals surface area contributed by atoms with Gasteiger partial charge in [0.1, 0.15) is 0 Å². The first-order valence-electron chi connectivity index (χ1n) is 3.60. The molecule has 0 saturated carbocycles. The zero-order valence-electron chi connectivity index (χ0n) is 6.46. The highest BCUT2D eigenvalue weighted by Gasteiger charge is 2.26. The summed E-state index contributed by atoms with van der Waals surface area (Å²) in [5.41, 5.74) is 0. The summed E-state index contributed by atoms with van der Waals surface area (Å²) in [6.07, 6.45) is 0. The normalized spacial score (nSPS) is 23.9. The zero-order valence-corrected chi connectivity index (χ0v) is 6.46. The Bertz CT molecular complexity index is 176. The van der Waals surface area contributed by atoms with Crippen molar-refractivity contribution >= 4 is 0 Å². The van der Waals surface area contributed by atoms with Crippen LogP contribution in [0.15, 0.2) is 10.6 Å². The maximum atomic E-state index is 10.2. The van der Waals surface area contributed by atoms with Gasteiger partial charge in [0.25, 0.3) is 0 Å². The molecular weight excluding hydrogens is 164 g/mol. The summed E-state index contributed by atoms with van der Waals surface area (Å²) in [6, 6.07) is -0.408. The SMILES string of the molecule is O=NN1CCN(N=O)C(CO)C1. The van der Waals surface area contributed by atoms with E-state index in [1.807, 2.05) is 0 Å². The number of rotatable bonds is 3. The summed E-state index contributed by atoms with van der Waals surface area (Å²) in [5, 5.41) is 16.7. The van der Waals surface area contributed by atoms with Gasteiger partial charge in [0.15, 0.2) is 0 Å². The average Bonchev–Trinajstić information content (AvgIpc) is 2.16. The van der Waals surface area contributed by atoms with Gasteiger partial charge in [0.05, 0.1) is 42.9 Å². The Morgan fingerprint density at radius 2 is 2.08 bits per heavy atom. The van der Waals surface area contributed by atoms with Gasteiger partial charge in [-0.05, 0) is 0 Å². The van der Waals surface area contributed by atoms with Crippen LogP contribution in [0.4, 0.5) is 0 Å². The van der Waals surface area contributed by atoms with Crippen molar-refractivity contribution in [1.29, 1.82) is 0 Å². The van der Waals surface area contributed by atoms with Crippen molar-refractivity contribution in [3.8, 4) is 0 Å². The molecule has 0 aromatic rings. The molecule has 0 radical (unpaired) electrons. The molecular formula is C5H10N4O3. The van der Waals surface area contributed by atoms with Crippen molar-refractivity contribution in [3.05, 3.63) is 9.81 Å². The third kappa shape index (κ3) is 1.67. The third-order valence-electron chi connectivity index (χ3n) is 1.86. The van der Waals surface area contributed by atoms with Crippen LogP contribution in [0.25, 0.3) is 0 Å². The largest absolute Gasteiger partial charge is 0.394 e. The van der Waals surface area contributed by atoms with Crippen molar-refractivity contribution in [2.45, 2.75) is 6.04 Å². The molecule has 1 atom stereocenters. The minimum atomic E-state index is -0.408. The number of aliphatic hydroxyl groups excluding tert-OH is 1. The molecule has 0 aliphatic carbocycles. The molecule has 0 aromatic heterocycles. The lowest BCUT2D eigenvalue weighted by molar-refractivity contribution is 0.0411. The Hall–Kier alpha value is -1.24. The Morgan fingerprint density at radius 1 is 1.33 bits per heavy atom. The monoisotopic (exact) mass is 174 g/mol. The highest BCUT2D eigenvalue weighted by molar-refractivity contribution is 4.77. The van der Waals surface area contributed by atoms with Gasteiger partial charge in [0, 0.05) is 0 Å². The Morgan fingerprint density at radius 3 is 2.58 bits per heavy atom. The van der Waals surface area contributed by atoms with E-state index in [-0.39, 0.29) is 13.2 Å². The van der Waals surface area contributed by atoms with Crippen molar-refractivity contribution in [1.82, 2.24) is 10.0 Å². The van der Waals surface area contributed by atoms with E-state index in [0.717, 1.165) is 0 Å². The van der Waals surface area contributed by atoms with E-state index >= 15 is 0 Å². The van der Waals surface area contributed by atoms with Gasteiger partial charge in [-0.25, -0.2) is 0 Å². The van der Waals surface area contributed by atoms with Gasteiger partial charge in [-0.2, -0.15) is 0 Å². The maximum absolute atomic E-state index is 10.2. The molecule has 0 spiro atoms. The van der Waals surface area contributed by atoms with Crippen LogP contribution in [0.5, 0.6) is 0 Å². The van der Waals surface area contributed by atoms with Gasteiger partial charge >= 0.3 is 0 Å². The predicted molar refractivity (Wildman–Crippen MR) is 40.7 cm³/mol. The standard InChI is InChI=1S/C5H10N4O3/c10-4-5-3-8(6-11)1-2-9(5)7-12/h5,10H,1-4H2. The number of nitrogens with zero attached hydrogens (tertiary/aromatic N) is 4. The van der Waals surface area contributed by atoms with Gasteiger partial charge in [-0.15, -0.1) is 9.81 Å². The molecule has 1 aliphatic heterocycles. The molecule has 1 rings (SSSR count). The molecule has 1 saturated heterocycles. The highest BCUT2D eigenvalue weighted by atomic mass is 16.3. The summed E-state index contributed by atoms with van der Waals surface area (Å²) in [5.74, 6) is 0. The topological polar surface area (TPSA) is 85.6 Å². The summed E-state index contributed by atoms with van der Waals surface area (Å²) in [6.45, 7) is 0.774. The first-order chi connectivity index (χ1) is 5.81. The lowest BCUT2D eigenvalue weighted by Gasteiger charge is -2.33. The van der Waals surface area contributed by atoms with Gasteiger partial charge < -0.3 is 5.11 Å². The van der Waals surface area contributed by atoms with Gasteiger partial charge in [0.2, 0.25) is 0 Å². The minimum Gasteiger partial charge on any atom is -0.394 e. The van der Waals surface area contributed by atoms with Crippen LogP contribution in [0, 0.1) is 9.81 Å². The number of aliphatic hydroxyl groups is 1. The van der Waals surface area contributed by atoms with Gasteiger partial charge in [-0.1, -0.05) is 0 Å². The van der Waals surface area contributed by atoms with E-state index in [1.165, 1.54) is 10.0 Å². The quantitative estimate of drug-likeness (QED) is 0.573. The molecule has 0 aromatic carbocycles. The molecule has 12 heavy (non-hydrogen) atoms. The molecule has 1 fully saturated rings. The number of nitroso groups, excluding NO2 is 2. The fourth-order valence-electron chi connectivity index (χ4n) is 1.16. The van der Waals surface area contributed by atoms with E-state index in [1.54, 1.807) is 0 Å². The molecule has 1 N–H and O–H groups in total. The van der Waals surface area contributed by atoms with E-state index < -0.39 is 6.04 Å². The highest BCUT2D eigenvalue weighted by Crippen LogP contribution is 2.09. The lowest BCUT2D eigenvalue weighted by atomic mass is 10.2. The second kappa shape index (κ2) is 3.96. The molecule has 7 heteroatoms. The Balaban J connectivity index is 2.52. The third-order valence-corrected chi connectivity index (χ3v) is 1.86. The van der Waals surface area contributed by atoms with Crippen molar-refractivity contribution in [2.24, 2.45) is 10.6 Å². The van der Waals surface area contributed by atoms with Crippen molar-refractivity contribution < 1.29 is 5.11 Å². The van der Waals surface area contributed by atoms with Crippen LogP contribution in [-0.4, -0.2) is 47.4 Å². The Kier molecular flexibility index (Phi) is 2.92. The predicted octanol–water partition coefficient (Wildman–Crippen LogP) is -0.672.